The molecule has 2 rings (SSSR count). The highest BCUT2D eigenvalue weighted by atomic mass is 79.9. The highest BCUT2D eigenvalue weighted by Gasteiger charge is 2.06. The van der Waals surface area contributed by atoms with Crippen molar-refractivity contribution in [3.8, 4) is 0 Å². The summed E-state index contributed by atoms with van der Waals surface area (Å²) in [7, 11) is 0. The van der Waals surface area contributed by atoms with Crippen LogP contribution in [0, 0.1) is 6.92 Å². The molecule has 1 N–H and O–H groups in total. The number of nitrogens with one attached hydrogen (secondary N) is 1. The third kappa shape index (κ3) is 4.14. The Balaban J connectivity index is 2.07. The van der Waals surface area contributed by atoms with Crippen LogP contribution in [0.1, 0.15) is 30.7 Å². The number of hydrogen-bond donors (Lipinski definition) is 1. The van der Waals surface area contributed by atoms with E-state index in [9.17, 15) is 0 Å². The summed E-state index contributed by atoms with van der Waals surface area (Å²) in [5.41, 5.74) is 3.47. The van der Waals surface area contributed by atoms with Gasteiger partial charge in [0.2, 0.25) is 0 Å². The van der Waals surface area contributed by atoms with Crippen LogP contribution < -0.4 is 5.32 Å². The molecule has 0 aliphatic rings. The molecule has 0 radical (unpaired) electrons. The van der Waals surface area contributed by atoms with E-state index in [4.69, 9.17) is 0 Å². The van der Waals surface area contributed by atoms with Gasteiger partial charge in [-0.05, 0) is 34.5 Å². The van der Waals surface area contributed by atoms with Crippen molar-refractivity contribution in [2.75, 3.05) is 0 Å². The Kier molecular flexibility index (Phi) is 4.71. The van der Waals surface area contributed by atoms with E-state index in [0.717, 1.165) is 28.8 Å². The van der Waals surface area contributed by atoms with Gasteiger partial charge in [0.1, 0.15) is 0 Å². The van der Waals surface area contributed by atoms with E-state index in [1.165, 1.54) is 5.56 Å². The number of hydrogen-bond acceptors (Lipinski definition) is 3. The monoisotopic (exact) mass is 322 g/mol. The van der Waals surface area contributed by atoms with E-state index < -0.39 is 0 Å². The largest absolute Gasteiger partial charge is 0.310 e. The van der Waals surface area contributed by atoms with E-state index in [0.29, 0.717) is 6.04 Å². The molecule has 0 saturated heterocycles. The zero-order valence-corrected chi connectivity index (χ0v) is 13.1. The summed E-state index contributed by atoms with van der Waals surface area (Å²) in [6, 6.07) is 2.55. The van der Waals surface area contributed by atoms with Crippen LogP contribution in [0.3, 0.4) is 0 Å². The van der Waals surface area contributed by atoms with Gasteiger partial charge >= 0.3 is 0 Å². The molecule has 19 heavy (non-hydrogen) atoms. The maximum Gasteiger partial charge on any atom is 0.0674 e. The quantitative estimate of drug-likeness (QED) is 0.920. The Morgan fingerprint density at radius 1 is 1.37 bits per heavy atom. The minimum Gasteiger partial charge on any atom is -0.310 e. The van der Waals surface area contributed by atoms with Crippen LogP contribution in [0.2, 0.25) is 0 Å². The predicted molar refractivity (Wildman–Crippen MR) is 80.0 cm³/mol. The summed E-state index contributed by atoms with van der Waals surface area (Å²) in [5.74, 6) is 0. The first-order chi connectivity index (χ1) is 9.04. The van der Waals surface area contributed by atoms with Crippen LogP contribution in [0.4, 0.5) is 0 Å². The molecule has 0 bridgehead atoms. The molecule has 5 heteroatoms. The maximum absolute atomic E-state index is 4.55. The SMILES string of the molecule is Cc1nn(Cc2cncc(Br)c2)cc1CNC(C)C. The van der Waals surface area contributed by atoms with Gasteiger partial charge in [0.25, 0.3) is 0 Å². The highest BCUT2D eigenvalue weighted by Crippen LogP contribution is 2.12. The van der Waals surface area contributed by atoms with Gasteiger partial charge in [-0.2, -0.15) is 5.10 Å². The van der Waals surface area contributed by atoms with Crippen molar-refractivity contribution >= 4 is 15.9 Å². The molecule has 2 aromatic rings. The van der Waals surface area contributed by atoms with Crippen LogP contribution in [-0.2, 0) is 13.1 Å². The third-order valence-corrected chi connectivity index (χ3v) is 3.29. The first kappa shape index (κ1) is 14.2. The predicted octanol–water partition coefficient (Wildman–Crippen LogP) is 2.90. The first-order valence-electron chi connectivity index (χ1n) is 6.40. The normalized spacial score (nSPS) is 11.2. The summed E-state index contributed by atoms with van der Waals surface area (Å²) >= 11 is 3.43. The smallest absolute Gasteiger partial charge is 0.0674 e. The molecule has 2 aromatic heterocycles. The van der Waals surface area contributed by atoms with E-state index in [1.54, 1.807) is 6.20 Å². The summed E-state index contributed by atoms with van der Waals surface area (Å²) in [5, 5.41) is 7.96. The molecule has 0 fully saturated rings. The summed E-state index contributed by atoms with van der Waals surface area (Å²) in [6.07, 6.45) is 5.76. The van der Waals surface area contributed by atoms with Gasteiger partial charge in [-0.25, -0.2) is 0 Å². The molecule has 0 unspecified atom stereocenters. The van der Waals surface area contributed by atoms with Gasteiger partial charge in [-0.3, -0.25) is 9.67 Å². The lowest BCUT2D eigenvalue weighted by atomic mass is 10.2. The fourth-order valence-corrected chi connectivity index (χ4v) is 2.27. The van der Waals surface area contributed by atoms with Crippen LogP contribution in [0.15, 0.2) is 29.1 Å². The molecule has 0 aromatic carbocycles. The number of halogens is 1. The minimum absolute atomic E-state index is 0.483. The van der Waals surface area contributed by atoms with E-state index in [-0.39, 0.29) is 0 Å². The molecule has 102 valence electrons. The van der Waals surface area contributed by atoms with Crippen molar-refractivity contribution in [2.45, 2.75) is 39.9 Å². The maximum atomic E-state index is 4.55. The van der Waals surface area contributed by atoms with Crippen molar-refractivity contribution in [2.24, 2.45) is 0 Å². The molecule has 0 saturated carbocycles. The lowest BCUT2D eigenvalue weighted by Gasteiger charge is -2.06. The van der Waals surface area contributed by atoms with Crippen LogP contribution in [-0.4, -0.2) is 20.8 Å². The highest BCUT2D eigenvalue weighted by molar-refractivity contribution is 9.10. The third-order valence-electron chi connectivity index (χ3n) is 2.85. The van der Waals surface area contributed by atoms with Crippen LogP contribution in [0.5, 0.6) is 0 Å². The van der Waals surface area contributed by atoms with Gasteiger partial charge in [-0.1, -0.05) is 13.8 Å². The molecule has 0 aliphatic heterocycles. The van der Waals surface area contributed by atoms with Crippen LogP contribution in [0.25, 0.3) is 0 Å². The van der Waals surface area contributed by atoms with Gasteiger partial charge in [-0.15, -0.1) is 0 Å². The molecule has 2 heterocycles. The van der Waals surface area contributed by atoms with E-state index in [1.807, 2.05) is 17.8 Å². The van der Waals surface area contributed by atoms with Gasteiger partial charge in [0, 0.05) is 41.2 Å². The fraction of sp³-hybridized carbons (Fsp3) is 0.429. The zero-order chi connectivity index (χ0) is 13.8. The lowest BCUT2D eigenvalue weighted by Crippen LogP contribution is -2.21. The molecule has 0 spiro atoms. The second kappa shape index (κ2) is 6.30. The van der Waals surface area contributed by atoms with Gasteiger partial charge in [0.15, 0.2) is 0 Å². The average molecular weight is 323 g/mol. The van der Waals surface area contributed by atoms with Crippen molar-refractivity contribution < 1.29 is 0 Å². The summed E-state index contributed by atoms with van der Waals surface area (Å²) in [6.45, 7) is 7.95. The second-order valence-electron chi connectivity index (χ2n) is 4.98. The number of aryl methyl sites for hydroxylation is 1. The fourth-order valence-electron chi connectivity index (χ4n) is 1.86. The minimum atomic E-state index is 0.483. The Hall–Kier alpha value is -1.20. The Morgan fingerprint density at radius 3 is 2.84 bits per heavy atom. The molecular weight excluding hydrogens is 304 g/mol. The Morgan fingerprint density at radius 2 is 2.16 bits per heavy atom. The molecule has 0 atom stereocenters. The molecule has 4 nitrogen and oxygen atoms in total. The summed E-state index contributed by atoms with van der Waals surface area (Å²) < 4.78 is 2.96. The van der Waals surface area contributed by atoms with Gasteiger partial charge < -0.3 is 5.32 Å². The average Bonchev–Trinajstić information content (AvgIpc) is 2.67. The van der Waals surface area contributed by atoms with Gasteiger partial charge in [0.05, 0.1) is 12.2 Å². The number of nitrogens with zero attached hydrogens (tertiary/aromatic N) is 3. The summed E-state index contributed by atoms with van der Waals surface area (Å²) in [4.78, 5) is 4.17. The first-order valence-corrected chi connectivity index (χ1v) is 7.19. The van der Waals surface area contributed by atoms with Crippen molar-refractivity contribution in [1.82, 2.24) is 20.1 Å². The molecular formula is C14H19BrN4. The Labute approximate surface area is 122 Å². The lowest BCUT2D eigenvalue weighted by molar-refractivity contribution is 0.587. The Bertz CT molecular complexity index is 548. The zero-order valence-electron chi connectivity index (χ0n) is 11.5. The standard InChI is InChI=1S/C14H19BrN4/c1-10(2)17-6-13-9-19(18-11(13)3)8-12-4-14(15)7-16-5-12/h4-5,7,9-10,17H,6,8H2,1-3H3. The number of rotatable bonds is 5. The molecule has 0 amide bonds. The topological polar surface area (TPSA) is 42.7 Å². The van der Waals surface area contributed by atoms with Crippen molar-refractivity contribution in [3.63, 3.8) is 0 Å². The van der Waals surface area contributed by atoms with Crippen LogP contribution >= 0.6 is 15.9 Å². The number of aromatic nitrogens is 3. The van der Waals surface area contributed by atoms with E-state index >= 15 is 0 Å². The van der Waals surface area contributed by atoms with Crippen molar-refractivity contribution in [1.29, 1.82) is 0 Å². The number of pyridine rings is 1. The van der Waals surface area contributed by atoms with E-state index in [2.05, 4.69) is 57.4 Å². The molecule has 0 aliphatic carbocycles. The van der Waals surface area contributed by atoms with Crippen molar-refractivity contribution in [3.05, 3.63) is 46.0 Å². The second-order valence-corrected chi connectivity index (χ2v) is 5.90.